The fraction of sp³-hybridized carbons (Fsp3) is 0.0909. The lowest BCUT2D eigenvalue weighted by atomic mass is 10.1. The number of benzene rings is 3. The SMILES string of the molecule is O=[N+]([O-])c1cccc(CSc2nnc(-c3cccc(Cl)c3)n2-c2ccccc2C(F)(F)F)c1. The number of rotatable bonds is 6. The summed E-state index contributed by atoms with van der Waals surface area (Å²) >= 11 is 7.21. The fourth-order valence-electron chi connectivity index (χ4n) is 3.21. The molecular weight excluding hydrogens is 477 g/mol. The van der Waals surface area contributed by atoms with Crippen molar-refractivity contribution in [2.45, 2.75) is 17.1 Å². The highest BCUT2D eigenvalue weighted by Gasteiger charge is 2.35. The number of hydrogen-bond donors (Lipinski definition) is 0. The van der Waals surface area contributed by atoms with Crippen molar-refractivity contribution >= 4 is 29.1 Å². The van der Waals surface area contributed by atoms with Gasteiger partial charge in [-0.1, -0.05) is 59.8 Å². The Morgan fingerprint density at radius 3 is 2.48 bits per heavy atom. The Morgan fingerprint density at radius 2 is 1.76 bits per heavy atom. The first-order chi connectivity index (χ1) is 15.7. The summed E-state index contributed by atoms with van der Waals surface area (Å²) in [5.41, 5.74) is 0.0692. The number of halogens is 4. The second-order valence-electron chi connectivity index (χ2n) is 6.88. The largest absolute Gasteiger partial charge is 0.418 e. The van der Waals surface area contributed by atoms with E-state index in [1.54, 1.807) is 36.4 Å². The zero-order valence-electron chi connectivity index (χ0n) is 16.7. The first-order valence-corrected chi connectivity index (χ1v) is 10.8. The van der Waals surface area contributed by atoms with Crippen LogP contribution >= 0.6 is 23.4 Å². The van der Waals surface area contributed by atoms with Gasteiger partial charge in [-0.15, -0.1) is 10.2 Å². The summed E-state index contributed by atoms with van der Waals surface area (Å²) in [5.74, 6) is 0.430. The molecule has 0 spiro atoms. The maximum absolute atomic E-state index is 13.8. The van der Waals surface area contributed by atoms with Crippen molar-refractivity contribution in [2.75, 3.05) is 0 Å². The number of non-ortho nitro benzene ring substituents is 1. The maximum atomic E-state index is 13.8. The minimum Gasteiger partial charge on any atom is -0.269 e. The Bertz CT molecular complexity index is 1330. The van der Waals surface area contributed by atoms with Gasteiger partial charge in [0.2, 0.25) is 0 Å². The van der Waals surface area contributed by atoms with Gasteiger partial charge in [-0.3, -0.25) is 14.7 Å². The Hall–Kier alpha value is -3.37. The van der Waals surface area contributed by atoms with Crippen LogP contribution in [-0.4, -0.2) is 19.7 Å². The number of alkyl halides is 3. The van der Waals surface area contributed by atoms with Crippen LogP contribution in [0.1, 0.15) is 11.1 Å². The molecule has 0 N–H and O–H groups in total. The Morgan fingerprint density at radius 1 is 1.00 bits per heavy atom. The molecule has 0 aliphatic rings. The molecule has 6 nitrogen and oxygen atoms in total. The van der Waals surface area contributed by atoms with Crippen LogP contribution in [0, 0.1) is 10.1 Å². The van der Waals surface area contributed by atoms with Crippen LogP contribution in [0.4, 0.5) is 18.9 Å². The molecule has 0 aliphatic carbocycles. The predicted molar refractivity (Wildman–Crippen MR) is 119 cm³/mol. The van der Waals surface area contributed by atoms with Gasteiger partial charge in [-0.2, -0.15) is 13.2 Å². The number of nitrogens with zero attached hydrogens (tertiary/aromatic N) is 4. The van der Waals surface area contributed by atoms with Crippen molar-refractivity contribution < 1.29 is 18.1 Å². The Kier molecular flexibility index (Phi) is 6.39. The molecule has 168 valence electrons. The standard InChI is InChI=1S/C22H14ClF3N4O2S/c23-16-7-4-6-15(12-16)20-27-28-21(33-13-14-5-3-8-17(11-14)30(31)32)29(20)19-10-2-1-9-18(19)22(24,25)26/h1-12H,13H2. The monoisotopic (exact) mass is 490 g/mol. The van der Waals surface area contributed by atoms with Gasteiger partial charge in [0.1, 0.15) is 0 Å². The first-order valence-electron chi connectivity index (χ1n) is 9.48. The van der Waals surface area contributed by atoms with Crippen LogP contribution in [0.15, 0.2) is 78.0 Å². The van der Waals surface area contributed by atoms with Gasteiger partial charge in [0, 0.05) is 28.5 Å². The average molecular weight is 491 g/mol. The van der Waals surface area contributed by atoms with Crippen molar-refractivity contribution in [3.63, 3.8) is 0 Å². The third-order valence-corrected chi connectivity index (χ3v) is 5.89. The molecule has 3 aromatic carbocycles. The maximum Gasteiger partial charge on any atom is 0.418 e. The molecule has 0 amide bonds. The van der Waals surface area contributed by atoms with E-state index in [0.29, 0.717) is 16.1 Å². The minimum absolute atomic E-state index is 0.0726. The third kappa shape index (κ3) is 5.01. The molecule has 11 heteroatoms. The highest BCUT2D eigenvalue weighted by Crippen LogP contribution is 2.38. The number of para-hydroxylation sites is 1. The second-order valence-corrected chi connectivity index (χ2v) is 8.26. The van der Waals surface area contributed by atoms with Crippen LogP contribution in [0.3, 0.4) is 0 Å². The Labute approximate surface area is 195 Å². The molecule has 4 rings (SSSR count). The van der Waals surface area contributed by atoms with E-state index in [4.69, 9.17) is 11.6 Å². The summed E-state index contributed by atoms with van der Waals surface area (Å²) in [4.78, 5) is 10.5. The van der Waals surface area contributed by atoms with Crippen molar-refractivity contribution in [2.24, 2.45) is 0 Å². The van der Waals surface area contributed by atoms with E-state index in [-0.39, 0.29) is 28.1 Å². The minimum atomic E-state index is -4.60. The zero-order chi connectivity index (χ0) is 23.6. The third-order valence-electron chi connectivity index (χ3n) is 4.66. The number of nitro groups is 1. The van der Waals surface area contributed by atoms with Crippen molar-refractivity contribution in [1.82, 2.24) is 14.8 Å². The van der Waals surface area contributed by atoms with Crippen LogP contribution in [0.5, 0.6) is 0 Å². The van der Waals surface area contributed by atoms with Gasteiger partial charge in [-0.05, 0) is 29.8 Å². The molecule has 4 aromatic rings. The number of nitro benzene ring substituents is 1. The molecule has 0 atom stereocenters. The molecule has 0 bridgehead atoms. The predicted octanol–water partition coefficient (Wildman–Crippen LogP) is 6.81. The van der Waals surface area contributed by atoms with E-state index in [1.807, 2.05) is 0 Å². The fourth-order valence-corrected chi connectivity index (χ4v) is 4.29. The molecule has 0 saturated heterocycles. The van der Waals surface area contributed by atoms with Gasteiger partial charge >= 0.3 is 6.18 Å². The van der Waals surface area contributed by atoms with Crippen LogP contribution in [0.25, 0.3) is 17.1 Å². The Balaban J connectivity index is 1.81. The summed E-state index contributed by atoms with van der Waals surface area (Å²) in [6, 6.07) is 17.8. The second kappa shape index (κ2) is 9.24. The van der Waals surface area contributed by atoms with E-state index >= 15 is 0 Å². The number of hydrogen-bond acceptors (Lipinski definition) is 5. The molecule has 1 aromatic heterocycles. The number of aromatic nitrogens is 3. The molecule has 0 aliphatic heterocycles. The van der Waals surface area contributed by atoms with Gasteiger partial charge in [0.05, 0.1) is 16.2 Å². The van der Waals surface area contributed by atoms with E-state index < -0.39 is 16.7 Å². The van der Waals surface area contributed by atoms with Gasteiger partial charge < -0.3 is 0 Å². The molecule has 0 saturated carbocycles. The van der Waals surface area contributed by atoms with Crippen LogP contribution in [0.2, 0.25) is 5.02 Å². The van der Waals surface area contributed by atoms with Crippen molar-refractivity contribution in [1.29, 1.82) is 0 Å². The summed E-state index contributed by atoms with van der Waals surface area (Å²) in [7, 11) is 0. The molecule has 33 heavy (non-hydrogen) atoms. The normalized spacial score (nSPS) is 11.5. The summed E-state index contributed by atoms with van der Waals surface area (Å²) in [6.45, 7) is 0. The molecule has 0 unspecified atom stereocenters. The zero-order valence-corrected chi connectivity index (χ0v) is 18.2. The molecular formula is C22H14ClF3N4O2S. The molecule has 0 radical (unpaired) electrons. The van der Waals surface area contributed by atoms with Crippen molar-refractivity contribution in [3.8, 4) is 17.1 Å². The average Bonchev–Trinajstić information content (AvgIpc) is 3.21. The number of thioether (sulfide) groups is 1. The molecule has 1 heterocycles. The summed E-state index contributed by atoms with van der Waals surface area (Å²) in [6.07, 6.45) is -4.60. The van der Waals surface area contributed by atoms with Gasteiger partial charge in [0.15, 0.2) is 11.0 Å². The van der Waals surface area contributed by atoms with E-state index in [9.17, 15) is 23.3 Å². The summed E-state index contributed by atoms with van der Waals surface area (Å²) < 4.78 is 42.7. The van der Waals surface area contributed by atoms with E-state index in [1.165, 1.54) is 34.9 Å². The lowest BCUT2D eigenvalue weighted by Gasteiger charge is -2.16. The first kappa shape index (κ1) is 22.8. The van der Waals surface area contributed by atoms with Crippen molar-refractivity contribution in [3.05, 3.63) is 99.1 Å². The van der Waals surface area contributed by atoms with Crippen LogP contribution in [-0.2, 0) is 11.9 Å². The smallest absolute Gasteiger partial charge is 0.269 e. The lowest BCUT2D eigenvalue weighted by molar-refractivity contribution is -0.384. The highest BCUT2D eigenvalue weighted by molar-refractivity contribution is 7.98. The summed E-state index contributed by atoms with van der Waals surface area (Å²) in [5, 5.41) is 19.9. The van der Waals surface area contributed by atoms with Gasteiger partial charge in [-0.25, -0.2) is 0 Å². The lowest BCUT2D eigenvalue weighted by Crippen LogP contribution is -2.12. The van der Waals surface area contributed by atoms with E-state index in [0.717, 1.165) is 17.8 Å². The van der Waals surface area contributed by atoms with E-state index in [2.05, 4.69) is 10.2 Å². The molecule has 0 fully saturated rings. The quantitative estimate of drug-likeness (QED) is 0.169. The van der Waals surface area contributed by atoms with Gasteiger partial charge in [0.25, 0.3) is 5.69 Å². The highest BCUT2D eigenvalue weighted by atomic mass is 35.5. The van der Waals surface area contributed by atoms with Crippen LogP contribution < -0.4 is 0 Å². The topological polar surface area (TPSA) is 73.8 Å².